The van der Waals surface area contributed by atoms with Crippen LogP contribution < -0.4 is 0 Å². The average molecular weight is 453 g/mol. The van der Waals surface area contributed by atoms with Gasteiger partial charge in [-0.15, -0.1) is 11.8 Å². The van der Waals surface area contributed by atoms with E-state index < -0.39 is 0 Å². The van der Waals surface area contributed by atoms with E-state index in [1.807, 2.05) is 59.5 Å². The number of piperidine rings is 1. The van der Waals surface area contributed by atoms with Gasteiger partial charge in [0.05, 0.1) is 18.3 Å². The molecule has 0 aliphatic carbocycles. The van der Waals surface area contributed by atoms with Crippen LogP contribution in [0.15, 0.2) is 54.6 Å². The first-order valence-corrected chi connectivity index (χ1v) is 12.1. The number of rotatable bonds is 6. The summed E-state index contributed by atoms with van der Waals surface area (Å²) in [6, 6.07) is 17.6. The molecule has 7 heteroatoms. The molecule has 2 fully saturated rings. The molecule has 2 aliphatic heterocycles. The fourth-order valence-corrected chi connectivity index (χ4v) is 5.42. The molecule has 2 aromatic rings. The quantitative estimate of drug-likeness (QED) is 0.623. The molecule has 2 heterocycles. The molecular weight excluding hydrogens is 424 g/mol. The smallest absolute Gasteiger partial charge is 0.309 e. The first-order chi connectivity index (χ1) is 15.6. The van der Waals surface area contributed by atoms with Crippen LogP contribution in [0, 0.1) is 5.92 Å². The Morgan fingerprint density at radius 2 is 1.72 bits per heavy atom. The molecule has 0 aromatic heterocycles. The van der Waals surface area contributed by atoms with Crippen molar-refractivity contribution in [3.05, 3.63) is 71.3 Å². The van der Waals surface area contributed by atoms with E-state index in [1.54, 1.807) is 23.6 Å². The van der Waals surface area contributed by atoms with E-state index in [0.717, 1.165) is 11.1 Å². The number of hydrogen-bond acceptors (Lipinski definition) is 5. The molecule has 0 N–H and O–H groups in total. The lowest BCUT2D eigenvalue weighted by molar-refractivity contribution is -0.149. The van der Waals surface area contributed by atoms with Gasteiger partial charge in [0.25, 0.3) is 5.91 Å². The Morgan fingerprint density at radius 3 is 2.38 bits per heavy atom. The van der Waals surface area contributed by atoms with Gasteiger partial charge in [0.15, 0.2) is 0 Å². The van der Waals surface area contributed by atoms with Crippen molar-refractivity contribution in [1.29, 1.82) is 0 Å². The largest absolute Gasteiger partial charge is 0.466 e. The minimum Gasteiger partial charge on any atom is -0.466 e. The zero-order valence-corrected chi connectivity index (χ0v) is 19.1. The highest BCUT2D eigenvalue weighted by Crippen LogP contribution is 2.39. The van der Waals surface area contributed by atoms with E-state index in [9.17, 15) is 14.4 Å². The molecule has 0 unspecified atom stereocenters. The molecule has 2 saturated heterocycles. The SMILES string of the molecule is CCOC(=O)C1CCN(C(=O)c2ccc([C@H]3SCC(=O)N3Cc3ccccc3)cc2)CC1. The maximum Gasteiger partial charge on any atom is 0.309 e. The Morgan fingerprint density at radius 1 is 1.03 bits per heavy atom. The number of thioether (sulfide) groups is 1. The maximum atomic E-state index is 12.9. The highest BCUT2D eigenvalue weighted by atomic mass is 32.2. The molecule has 2 aliphatic rings. The third-order valence-electron chi connectivity index (χ3n) is 6.01. The number of hydrogen-bond donors (Lipinski definition) is 0. The minimum atomic E-state index is -0.160. The van der Waals surface area contributed by atoms with E-state index in [0.29, 0.717) is 50.4 Å². The Bertz CT molecular complexity index is 956. The number of nitrogens with zero attached hydrogens (tertiary/aromatic N) is 2. The monoisotopic (exact) mass is 452 g/mol. The summed E-state index contributed by atoms with van der Waals surface area (Å²) in [4.78, 5) is 41.0. The van der Waals surface area contributed by atoms with Crippen LogP contribution in [-0.4, -0.2) is 53.0 Å². The van der Waals surface area contributed by atoms with Gasteiger partial charge in [-0.2, -0.15) is 0 Å². The van der Waals surface area contributed by atoms with Gasteiger partial charge in [-0.05, 0) is 43.0 Å². The summed E-state index contributed by atoms with van der Waals surface area (Å²) in [7, 11) is 0. The van der Waals surface area contributed by atoms with Crippen molar-refractivity contribution in [3.8, 4) is 0 Å². The predicted molar refractivity (Wildman–Crippen MR) is 124 cm³/mol. The molecule has 0 spiro atoms. The molecule has 32 heavy (non-hydrogen) atoms. The van der Waals surface area contributed by atoms with Gasteiger partial charge in [0.2, 0.25) is 5.91 Å². The van der Waals surface area contributed by atoms with Crippen molar-refractivity contribution < 1.29 is 19.1 Å². The first kappa shape index (κ1) is 22.4. The fourth-order valence-electron chi connectivity index (χ4n) is 4.23. The zero-order chi connectivity index (χ0) is 22.5. The highest BCUT2D eigenvalue weighted by molar-refractivity contribution is 8.00. The predicted octanol–water partition coefficient (Wildman–Crippen LogP) is 3.88. The molecule has 1 atom stereocenters. The Kier molecular flexibility index (Phi) is 7.15. The molecule has 0 bridgehead atoms. The second-order valence-electron chi connectivity index (χ2n) is 8.11. The molecule has 4 rings (SSSR count). The van der Waals surface area contributed by atoms with Gasteiger partial charge < -0.3 is 14.5 Å². The van der Waals surface area contributed by atoms with E-state index in [-0.39, 0.29) is 29.1 Å². The average Bonchev–Trinajstić information content (AvgIpc) is 3.19. The topological polar surface area (TPSA) is 66.9 Å². The van der Waals surface area contributed by atoms with Crippen LogP contribution in [-0.2, 0) is 20.9 Å². The number of carbonyl (C=O) groups is 3. The van der Waals surface area contributed by atoms with E-state index >= 15 is 0 Å². The normalized spacial score (nSPS) is 19.3. The second-order valence-corrected chi connectivity index (χ2v) is 9.18. The number of likely N-dealkylation sites (tertiary alicyclic amines) is 1. The summed E-state index contributed by atoms with van der Waals surface area (Å²) in [6.45, 7) is 3.89. The molecule has 2 aromatic carbocycles. The van der Waals surface area contributed by atoms with Crippen molar-refractivity contribution in [2.24, 2.45) is 5.92 Å². The lowest BCUT2D eigenvalue weighted by Gasteiger charge is -2.31. The highest BCUT2D eigenvalue weighted by Gasteiger charge is 2.33. The fraction of sp³-hybridized carbons (Fsp3) is 0.400. The Balaban J connectivity index is 1.39. The van der Waals surface area contributed by atoms with Crippen molar-refractivity contribution in [2.75, 3.05) is 25.4 Å². The van der Waals surface area contributed by atoms with Crippen LogP contribution in [0.4, 0.5) is 0 Å². The van der Waals surface area contributed by atoms with Gasteiger partial charge in [0, 0.05) is 25.2 Å². The van der Waals surface area contributed by atoms with Gasteiger partial charge in [-0.3, -0.25) is 14.4 Å². The van der Waals surface area contributed by atoms with Crippen LogP contribution in [0.3, 0.4) is 0 Å². The zero-order valence-electron chi connectivity index (χ0n) is 18.2. The number of carbonyl (C=O) groups excluding carboxylic acids is 3. The van der Waals surface area contributed by atoms with Crippen molar-refractivity contribution in [3.63, 3.8) is 0 Å². The number of ether oxygens (including phenoxy) is 1. The Hall–Kier alpha value is -2.80. The van der Waals surface area contributed by atoms with Crippen molar-refractivity contribution in [1.82, 2.24) is 9.80 Å². The molecular formula is C25H28N2O4S. The summed E-state index contributed by atoms with van der Waals surface area (Å²) in [5.41, 5.74) is 2.76. The summed E-state index contributed by atoms with van der Waals surface area (Å²) >= 11 is 1.62. The van der Waals surface area contributed by atoms with E-state index in [2.05, 4.69) is 0 Å². The lowest BCUT2D eigenvalue weighted by Crippen LogP contribution is -2.40. The van der Waals surface area contributed by atoms with Gasteiger partial charge in [-0.1, -0.05) is 42.5 Å². The maximum absolute atomic E-state index is 12.9. The van der Waals surface area contributed by atoms with Crippen LogP contribution in [0.2, 0.25) is 0 Å². The van der Waals surface area contributed by atoms with Crippen molar-refractivity contribution >= 4 is 29.5 Å². The molecule has 2 amide bonds. The summed E-state index contributed by atoms with van der Waals surface area (Å²) < 4.78 is 5.10. The number of esters is 1. The molecule has 0 saturated carbocycles. The summed E-state index contributed by atoms with van der Waals surface area (Å²) in [6.07, 6.45) is 1.27. The third kappa shape index (κ3) is 4.99. The minimum absolute atomic E-state index is 0.0184. The molecule has 6 nitrogen and oxygen atoms in total. The summed E-state index contributed by atoms with van der Waals surface area (Å²) in [5.74, 6) is 0.304. The van der Waals surface area contributed by atoms with E-state index in [1.165, 1.54) is 0 Å². The van der Waals surface area contributed by atoms with Gasteiger partial charge in [0.1, 0.15) is 5.37 Å². The first-order valence-electron chi connectivity index (χ1n) is 11.1. The van der Waals surface area contributed by atoms with Crippen LogP contribution >= 0.6 is 11.8 Å². The summed E-state index contributed by atoms with van der Waals surface area (Å²) in [5, 5.41) is -0.0489. The molecule has 0 radical (unpaired) electrons. The number of benzene rings is 2. The van der Waals surface area contributed by atoms with Crippen molar-refractivity contribution in [2.45, 2.75) is 31.7 Å². The third-order valence-corrected chi connectivity index (χ3v) is 7.26. The van der Waals surface area contributed by atoms with E-state index in [4.69, 9.17) is 4.74 Å². The van der Waals surface area contributed by atoms with Crippen LogP contribution in [0.5, 0.6) is 0 Å². The van der Waals surface area contributed by atoms with Crippen LogP contribution in [0.1, 0.15) is 46.6 Å². The molecule has 168 valence electrons. The standard InChI is InChI=1S/C25H28N2O4S/c1-2-31-25(30)21-12-14-26(15-13-21)23(29)19-8-10-20(11-9-19)24-27(22(28)17-32-24)16-18-6-4-3-5-7-18/h3-11,21,24H,2,12-17H2,1H3/t24-/m1/s1. The van der Waals surface area contributed by atoms with Crippen LogP contribution in [0.25, 0.3) is 0 Å². The van der Waals surface area contributed by atoms with Gasteiger partial charge >= 0.3 is 5.97 Å². The second kappa shape index (κ2) is 10.2. The number of amides is 2. The van der Waals surface area contributed by atoms with Gasteiger partial charge in [-0.25, -0.2) is 0 Å². The Labute approximate surface area is 192 Å². The lowest BCUT2D eigenvalue weighted by atomic mass is 9.96.